The molecule has 3 amide bonds. The monoisotopic (exact) mass is 233 g/mol. The van der Waals surface area contributed by atoms with Crippen LogP contribution in [0.25, 0.3) is 0 Å². The summed E-state index contributed by atoms with van der Waals surface area (Å²) in [4.78, 5) is 26.3. The number of hydrogen-bond acceptors (Lipinski definition) is 3. The summed E-state index contributed by atoms with van der Waals surface area (Å²) in [5.41, 5.74) is 1.88. The quantitative estimate of drug-likeness (QED) is 0.775. The van der Waals surface area contributed by atoms with Crippen LogP contribution in [0.5, 0.6) is 0 Å². The fraction of sp³-hybridized carbons (Fsp3) is 0.333. The molecular formula is C12H15N3O2. The third-order valence-electron chi connectivity index (χ3n) is 2.91. The van der Waals surface area contributed by atoms with Crippen molar-refractivity contribution >= 4 is 17.6 Å². The lowest BCUT2D eigenvalue weighted by molar-refractivity contribution is -0.121. The molecule has 1 aromatic carbocycles. The Morgan fingerprint density at radius 1 is 1.18 bits per heavy atom. The number of likely N-dealkylation sites (N-methyl/N-ethyl adjacent to an activating group) is 1. The average Bonchev–Trinajstić information content (AvgIpc) is 2.53. The third kappa shape index (κ3) is 1.95. The molecule has 1 unspecified atom stereocenters. The first-order valence-corrected chi connectivity index (χ1v) is 5.35. The second kappa shape index (κ2) is 4.08. The SMILES string of the molecule is CN(C)c1ccc(C2C(=O)NC(=O)N2C)cc1. The molecule has 1 N–H and O–H groups in total. The highest BCUT2D eigenvalue weighted by atomic mass is 16.2. The van der Waals surface area contributed by atoms with Gasteiger partial charge in [-0.3, -0.25) is 10.1 Å². The Morgan fingerprint density at radius 3 is 2.18 bits per heavy atom. The van der Waals surface area contributed by atoms with Crippen molar-refractivity contribution < 1.29 is 9.59 Å². The number of imide groups is 1. The minimum atomic E-state index is -0.515. The minimum Gasteiger partial charge on any atom is -0.378 e. The van der Waals surface area contributed by atoms with E-state index in [0.29, 0.717) is 0 Å². The molecular weight excluding hydrogens is 218 g/mol. The Kier molecular flexibility index (Phi) is 2.75. The van der Waals surface area contributed by atoms with Gasteiger partial charge >= 0.3 is 6.03 Å². The number of hydrogen-bond donors (Lipinski definition) is 1. The largest absolute Gasteiger partial charge is 0.378 e. The summed E-state index contributed by atoms with van der Waals surface area (Å²) in [5, 5.41) is 2.29. The first-order chi connectivity index (χ1) is 8.00. The van der Waals surface area contributed by atoms with E-state index in [1.165, 1.54) is 4.90 Å². The van der Waals surface area contributed by atoms with Gasteiger partial charge in [0.2, 0.25) is 0 Å². The summed E-state index contributed by atoms with van der Waals surface area (Å²) in [7, 11) is 5.52. The third-order valence-corrected chi connectivity index (χ3v) is 2.91. The molecule has 0 spiro atoms. The van der Waals surface area contributed by atoms with Crippen molar-refractivity contribution in [2.45, 2.75) is 6.04 Å². The van der Waals surface area contributed by atoms with Crippen LogP contribution in [-0.4, -0.2) is 38.0 Å². The van der Waals surface area contributed by atoms with E-state index < -0.39 is 6.04 Å². The maximum Gasteiger partial charge on any atom is 0.324 e. The number of nitrogens with zero attached hydrogens (tertiary/aromatic N) is 2. The maximum atomic E-state index is 11.6. The van der Waals surface area contributed by atoms with Crippen molar-refractivity contribution in [3.63, 3.8) is 0 Å². The topological polar surface area (TPSA) is 52.7 Å². The van der Waals surface area contributed by atoms with E-state index in [9.17, 15) is 9.59 Å². The number of rotatable bonds is 2. The molecule has 1 fully saturated rings. The first-order valence-electron chi connectivity index (χ1n) is 5.35. The van der Waals surface area contributed by atoms with Crippen LogP contribution in [-0.2, 0) is 4.79 Å². The van der Waals surface area contributed by atoms with E-state index in [4.69, 9.17) is 0 Å². The van der Waals surface area contributed by atoms with Gasteiger partial charge in [-0.1, -0.05) is 12.1 Å². The van der Waals surface area contributed by atoms with E-state index >= 15 is 0 Å². The van der Waals surface area contributed by atoms with E-state index in [0.717, 1.165) is 11.3 Å². The van der Waals surface area contributed by atoms with Crippen molar-refractivity contribution in [3.8, 4) is 0 Å². The second-order valence-corrected chi connectivity index (χ2v) is 4.29. The van der Waals surface area contributed by atoms with Crippen molar-refractivity contribution in [1.82, 2.24) is 10.2 Å². The maximum absolute atomic E-state index is 11.6. The van der Waals surface area contributed by atoms with Crippen LogP contribution in [0.2, 0.25) is 0 Å². The summed E-state index contributed by atoms with van der Waals surface area (Å²) < 4.78 is 0. The van der Waals surface area contributed by atoms with Gasteiger partial charge in [0.1, 0.15) is 6.04 Å². The Bertz CT molecular complexity index is 453. The summed E-state index contributed by atoms with van der Waals surface area (Å²) in [6.45, 7) is 0. The zero-order valence-electron chi connectivity index (χ0n) is 10.1. The van der Waals surface area contributed by atoms with Gasteiger partial charge in [0.15, 0.2) is 0 Å². The lowest BCUT2D eigenvalue weighted by atomic mass is 10.1. The van der Waals surface area contributed by atoms with Crippen LogP contribution < -0.4 is 10.2 Å². The number of nitrogens with one attached hydrogen (secondary N) is 1. The Morgan fingerprint density at radius 2 is 1.76 bits per heavy atom. The highest BCUT2D eigenvalue weighted by molar-refractivity contribution is 6.04. The molecule has 0 aromatic heterocycles. The highest BCUT2D eigenvalue weighted by Crippen LogP contribution is 2.25. The van der Waals surface area contributed by atoms with Crippen LogP contribution >= 0.6 is 0 Å². The zero-order chi connectivity index (χ0) is 12.6. The Labute approximate surface area is 100 Å². The number of benzene rings is 1. The normalized spacial score (nSPS) is 19.5. The van der Waals surface area contributed by atoms with Gasteiger partial charge in [-0.25, -0.2) is 4.79 Å². The standard InChI is InChI=1S/C12H15N3O2/c1-14(2)9-6-4-8(5-7-9)10-11(16)13-12(17)15(10)3/h4-7,10H,1-3H3,(H,13,16,17). The van der Waals surface area contributed by atoms with Gasteiger partial charge in [-0.15, -0.1) is 0 Å². The first kappa shape index (κ1) is 11.4. The lowest BCUT2D eigenvalue weighted by Crippen LogP contribution is -2.25. The second-order valence-electron chi connectivity index (χ2n) is 4.29. The van der Waals surface area contributed by atoms with Crippen LogP contribution in [0.4, 0.5) is 10.5 Å². The molecule has 17 heavy (non-hydrogen) atoms. The Balaban J connectivity index is 2.28. The molecule has 1 heterocycles. The zero-order valence-corrected chi connectivity index (χ0v) is 10.1. The predicted octanol–water partition coefficient (Wildman–Crippen LogP) is 0.975. The van der Waals surface area contributed by atoms with Gasteiger partial charge in [0.25, 0.3) is 5.91 Å². The smallest absolute Gasteiger partial charge is 0.324 e. The van der Waals surface area contributed by atoms with E-state index in [2.05, 4.69) is 5.32 Å². The molecule has 0 radical (unpaired) electrons. The summed E-state index contributed by atoms with van der Waals surface area (Å²) in [5.74, 6) is -0.268. The van der Waals surface area contributed by atoms with E-state index in [-0.39, 0.29) is 11.9 Å². The van der Waals surface area contributed by atoms with Crippen molar-refractivity contribution in [1.29, 1.82) is 0 Å². The summed E-state index contributed by atoms with van der Waals surface area (Å²) >= 11 is 0. The van der Waals surface area contributed by atoms with Crippen LogP contribution in [0.15, 0.2) is 24.3 Å². The molecule has 1 aliphatic rings. The van der Waals surface area contributed by atoms with Crippen LogP contribution in [0.1, 0.15) is 11.6 Å². The molecule has 0 saturated carbocycles. The van der Waals surface area contributed by atoms with Gasteiger partial charge in [0, 0.05) is 26.8 Å². The molecule has 1 atom stereocenters. The molecule has 5 nitrogen and oxygen atoms in total. The van der Waals surface area contributed by atoms with E-state index in [1.54, 1.807) is 7.05 Å². The summed E-state index contributed by atoms with van der Waals surface area (Å²) in [6.07, 6.45) is 0. The number of amides is 3. The van der Waals surface area contributed by atoms with Crippen molar-refractivity contribution in [2.24, 2.45) is 0 Å². The Hall–Kier alpha value is -2.04. The molecule has 0 aliphatic carbocycles. The van der Waals surface area contributed by atoms with Crippen molar-refractivity contribution in [2.75, 3.05) is 26.0 Å². The minimum absolute atomic E-state index is 0.268. The van der Waals surface area contributed by atoms with Gasteiger partial charge < -0.3 is 9.80 Å². The predicted molar refractivity (Wildman–Crippen MR) is 64.8 cm³/mol. The molecule has 1 aromatic rings. The molecule has 90 valence electrons. The van der Waals surface area contributed by atoms with E-state index in [1.807, 2.05) is 43.3 Å². The van der Waals surface area contributed by atoms with Gasteiger partial charge in [0.05, 0.1) is 0 Å². The number of carbonyl (C=O) groups excluding carboxylic acids is 2. The van der Waals surface area contributed by atoms with Crippen LogP contribution in [0.3, 0.4) is 0 Å². The number of anilines is 1. The molecule has 1 aliphatic heterocycles. The fourth-order valence-electron chi connectivity index (χ4n) is 1.88. The fourth-order valence-corrected chi connectivity index (χ4v) is 1.88. The molecule has 5 heteroatoms. The lowest BCUT2D eigenvalue weighted by Gasteiger charge is -2.18. The van der Waals surface area contributed by atoms with Gasteiger partial charge in [-0.05, 0) is 17.7 Å². The average molecular weight is 233 g/mol. The molecule has 2 rings (SSSR count). The number of carbonyl (C=O) groups is 2. The summed E-state index contributed by atoms with van der Waals surface area (Å²) in [6, 6.07) is 6.73. The number of urea groups is 1. The van der Waals surface area contributed by atoms with Crippen molar-refractivity contribution in [3.05, 3.63) is 29.8 Å². The molecule has 1 saturated heterocycles. The van der Waals surface area contributed by atoms with Gasteiger partial charge in [-0.2, -0.15) is 0 Å². The highest BCUT2D eigenvalue weighted by Gasteiger charge is 2.36. The van der Waals surface area contributed by atoms with Crippen LogP contribution in [0, 0.1) is 0 Å². The molecule has 0 bridgehead atoms.